The highest BCUT2D eigenvalue weighted by Gasteiger charge is 2.26. The summed E-state index contributed by atoms with van der Waals surface area (Å²) >= 11 is 0. The fourth-order valence-corrected chi connectivity index (χ4v) is 1.82. The summed E-state index contributed by atoms with van der Waals surface area (Å²) in [5.41, 5.74) is 0.571. The number of furan rings is 1. The Labute approximate surface area is 87.9 Å². The monoisotopic (exact) mass is 207 g/mol. The Morgan fingerprint density at radius 2 is 2.20 bits per heavy atom. The molecule has 4 nitrogen and oxygen atoms in total. The van der Waals surface area contributed by atoms with Crippen LogP contribution in [0.2, 0.25) is 0 Å². The first-order valence-corrected chi connectivity index (χ1v) is 4.96. The lowest BCUT2D eigenvalue weighted by atomic mass is 10.2. The van der Waals surface area contributed by atoms with Crippen molar-refractivity contribution in [3.8, 4) is 0 Å². The number of rotatable bonds is 1. The van der Waals surface area contributed by atoms with Gasteiger partial charge in [-0.25, -0.2) is 0 Å². The molecule has 1 amide bonds. The number of amides is 1. The highest BCUT2D eigenvalue weighted by atomic mass is 16.3. The Morgan fingerprint density at radius 1 is 1.47 bits per heavy atom. The van der Waals surface area contributed by atoms with Gasteiger partial charge in [0, 0.05) is 13.0 Å². The molecule has 0 radical (unpaired) electrons. The lowest BCUT2D eigenvalue weighted by Crippen LogP contribution is -2.28. The fourth-order valence-electron chi connectivity index (χ4n) is 1.82. The number of Topliss-reactive ketones (excluding diaryl/α,β-unsaturated/α-hetero) is 1. The number of likely N-dealkylation sites (tertiary alicyclic amines) is 1. The maximum Gasteiger partial charge on any atom is 0.257 e. The zero-order valence-corrected chi connectivity index (χ0v) is 8.87. The molecule has 1 aliphatic heterocycles. The van der Waals surface area contributed by atoms with E-state index in [0.717, 1.165) is 5.76 Å². The molecule has 0 unspecified atom stereocenters. The van der Waals surface area contributed by atoms with E-state index in [1.807, 2.05) is 0 Å². The summed E-state index contributed by atoms with van der Waals surface area (Å²) in [5.74, 6) is 1.37. The third-order valence-corrected chi connectivity index (χ3v) is 2.59. The van der Waals surface area contributed by atoms with Crippen LogP contribution in [0.1, 0.15) is 28.3 Å². The molecule has 1 saturated heterocycles. The van der Waals surface area contributed by atoms with Crippen LogP contribution in [0.3, 0.4) is 0 Å². The first kappa shape index (κ1) is 9.96. The fraction of sp³-hybridized carbons (Fsp3) is 0.455. The summed E-state index contributed by atoms with van der Waals surface area (Å²) in [5, 5.41) is 0. The van der Waals surface area contributed by atoms with Crippen molar-refractivity contribution in [1.82, 2.24) is 4.90 Å². The van der Waals surface area contributed by atoms with Gasteiger partial charge in [0.15, 0.2) is 5.78 Å². The molecule has 0 N–H and O–H groups in total. The third kappa shape index (κ3) is 1.79. The highest BCUT2D eigenvalue weighted by Crippen LogP contribution is 2.17. The van der Waals surface area contributed by atoms with Crippen molar-refractivity contribution < 1.29 is 14.0 Å². The smallest absolute Gasteiger partial charge is 0.257 e. The van der Waals surface area contributed by atoms with Gasteiger partial charge in [0.2, 0.25) is 0 Å². The Hall–Kier alpha value is -1.58. The largest absolute Gasteiger partial charge is 0.466 e. The second kappa shape index (κ2) is 3.53. The van der Waals surface area contributed by atoms with E-state index in [2.05, 4.69) is 0 Å². The molecule has 1 aromatic heterocycles. The molecule has 1 fully saturated rings. The van der Waals surface area contributed by atoms with Crippen LogP contribution in [0.5, 0.6) is 0 Å². The van der Waals surface area contributed by atoms with E-state index < -0.39 is 0 Å². The second-order valence-corrected chi connectivity index (χ2v) is 3.84. The van der Waals surface area contributed by atoms with Gasteiger partial charge in [-0.05, 0) is 19.9 Å². The average molecular weight is 207 g/mol. The van der Waals surface area contributed by atoms with Crippen LogP contribution >= 0.6 is 0 Å². The number of hydrogen-bond donors (Lipinski definition) is 0. The van der Waals surface area contributed by atoms with Crippen molar-refractivity contribution in [2.45, 2.75) is 20.3 Å². The minimum Gasteiger partial charge on any atom is -0.466 e. The minimum absolute atomic E-state index is 0.102. The van der Waals surface area contributed by atoms with Gasteiger partial charge in [0.25, 0.3) is 5.91 Å². The summed E-state index contributed by atoms with van der Waals surface area (Å²) in [6.07, 6.45) is 0.474. The van der Waals surface area contributed by atoms with Crippen molar-refractivity contribution >= 4 is 11.7 Å². The van der Waals surface area contributed by atoms with Crippen LogP contribution < -0.4 is 0 Å². The average Bonchev–Trinajstić information content (AvgIpc) is 2.71. The van der Waals surface area contributed by atoms with Crippen molar-refractivity contribution in [3.63, 3.8) is 0 Å². The van der Waals surface area contributed by atoms with Gasteiger partial charge in [-0.2, -0.15) is 0 Å². The van der Waals surface area contributed by atoms with Crippen molar-refractivity contribution in [3.05, 3.63) is 23.2 Å². The molecule has 1 aromatic rings. The molecule has 0 bridgehead atoms. The topological polar surface area (TPSA) is 50.5 Å². The van der Waals surface area contributed by atoms with Gasteiger partial charge < -0.3 is 9.32 Å². The molecule has 2 rings (SSSR count). The molecule has 0 aromatic carbocycles. The van der Waals surface area contributed by atoms with Gasteiger partial charge in [-0.1, -0.05) is 0 Å². The quantitative estimate of drug-likeness (QED) is 0.697. The third-order valence-electron chi connectivity index (χ3n) is 2.59. The van der Waals surface area contributed by atoms with E-state index in [9.17, 15) is 9.59 Å². The summed E-state index contributed by atoms with van der Waals surface area (Å²) in [6, 6.07) is 1.72. The van der Waals surface area contributed by atoms with E-state index >= 15 is 0 Å². The molecule has 0 atom stereocenters. The van der Waals surface area contributed by atoms with E-state index in [1.165, 1.54) is 0 Å². The van der Waals surface area contributed by atoms with Crippen molar-refractivity contribution in [2.24, 2.45) is 0 Å². The van der Waals surface area contributed by atoms with Gasteiger partial charge in [-0.3, -0.25) is 9.59 Å². The van der Waals surface area contributed by atoms with E-state index in [-0.39, 0.29) is 18.2 Å². The van der Waals surface area contributed by atoms with Crippen LogP contribution in [-0.4, -0.2) is 29.7 Å². The normalized spacial score (nSPS) is 16.1. The first-order chi connectivity index (χ1) is 7.08. The molecule has 4 heteroatoms. The molecule has 2 heterocycles. The van der Waals surface area contributed by atoms with Gasteiger partial charge in [0.05, 0.1) is 12.1 Å². The number of ketones is 1. The van der Waals surface area contributed by atoms with Gasteiger partial charge in [-0.15, -0.1) is 0 Å². The van der Waals surface area contributed by atoms with Crippen LogP contribution in [0.15, 0.2) is 10.5 Å². The van der Waals surface area contributed by atoms with E-state index in [0.29, 0.717) is 24.3 Å². The SMILES string of the molecule is Cc1cc(C(=O)N2CCC(=O)C2)c(C)o1. The molecule has 0 aliphatic carbocycles. The molecule has 0 saturated carbocycles. The molecule has 80 valence electrons. The maximum atomic E-state index is 11.9. The Bertz CT molecular complexity index is 419. The Kier molecular flexibility index (Phi) is 2.34. The van der Waals surface area contributed by atoms with Gasteiger partial charge in [0.1, 0.15) is 11.5 Å². The zero-order valence-electron chi connectivity index (χ0n) is 8.87. The predicted molar refractivity (Wildman–Crippen MR) is 53.7 cm³/mol. The van der Waals surface area contributed by atoms with Crippen LogP contribution in [-0.2, 0) is 4.79 Å². The molecule has 0 spiro atoms. The summed E-state index contributed by atoms with van der Waals surface area (Å²) < 4.78 is 5.29. The summed E-state index contributed by atoms with van der Waals surface area (Å²) in [6.45, 7) is 4.33. The standard InChI is InChI=1S/C11H13NO3/c1-7-5-10(8(2)15-7)11(14)12-4-3-9(13)6-12/h5H,3-4,6H2,1-2H3. The maximum absolute atomic E-state index is 11.9. The second-order valence-electron chi connectivity index (χ2n) is 3.84. The van der Waals surface area contributed by atoms with E-state index in [1.54, 1.807) is 24.8 Å². The summed E-state index contributed by atoms with van der Waals surface area (Å²) in [7, 11) is 0. The van der Waals surface area contributed by atoms with Gasteiger partial charge >= 0.3 is 0 Å². The summed E-state index contributed by atoms with van der Waals surface area (Å²) in [4.78, 5) is 24.6. The van der Waals surface area contributed by atoms with Crippen LogP contribution in [0.4, 0.5) is 0 Å². The van der Waals surface area contributed by atoms with Crippen molar-refractivity contribution in [1.29, 1.82) is 0 Å². The molecule has 1 aliphatic rings. The Morgan fingerprint density at radius 3 is 2.67 bits per heavy atom. The number of carbonyl (C=O) groups is 2. The van der Waals surface area contributed by atoms with E-state index in [4.69, 9.17) is 4.42 Å². The first-order valence-electron chi connectivity index (χ1n) is 4.96. The molecular weight excluding hydrogens is 194 g/mol. The Balaban J connectivity index is 2.21. The highest BCUT2D eigenvalue weighted by molar-refractivity contribution is 5.99. The van der Waals surface area contributed by atoms with Crippen LogP contribution in [0, 0.1) is 13.8 Å². The lowest BCUT2D eigenvalue weighted by molar-refractivity contribution is -0.116. The number of carbonyl (C=O) groups excluding carboxylic acids is 2. The lowest BCUT2D eigenvalue weighted by Gasteiger charge is -2.12. The van der Waals surface area contributed by atoms with Crippen molar-refractivity contribution in [2.75, 3.05) is 13.1 Å². The minimum atomic E-state index is -0.102. The number of hydrogen-bond acceptors (Lipinski definition) is 3. The zero-order chi connectivity index (χ0) is 11.0. The number of aryl methyl sites for hydroxylation is 2. The molecule has 15 heavy (non-hydrogen) atoms. The number of nitrogens with zero attached hydrogens (tertiary/aromatic N) is 1. The molecular formula is C11H13NO3. The van der Waals surface area contributed by atoms with Crippen LogP contribution in [0.25, 0.3) is 0 Å². The predicted octanol–water partition coefficient (Wildman–Crippen LogP) is 1.31.